The fraction of sp³-hybridized carbons (Fsp3) is 0.444. The predicted octanol–water partition coefficient (Wildman–Crippen LogP) is 0.934. The Balaban J connectivity index is 2.71. The maximum atomic E-state index is 8.44. The molecule has 1 rings (SSSR count). The molecular formula is C9H13ClN4O2. The Hall–Kier alpha value is -1.40. The zero-order valence-electron chi connectivity index (χ0n) is 9.09. The number of aromatic nitrogens is 2. The summed E-state index contributed by atoms with van der Waals surface area (Å²) in [5, 5.41) is 11.2. The lowest BCUT2D eigenvalue weighted by Crippen LogP contribution is -2.23. The first-order valence-corrected chi connectivity index (χ1v) is 4.97. The van der Waals surface area contributed by atoms with E-state index in [9.17, 15) is 0 Å². The van der Waals surface area contributed by atoms with Crippen LogP contribution in [0.5, 0.6) is 0 Å². The van der Waals surface area contributed by atoms with E-state index in [1.165, 1.54) is 6.20 Å². The van der Waals surface area contributed by atoms with Gasteiger partial charge < -0.3 is 14.8 Å². The van der Waals surface area contributed by atoms with Crippen molar-refractivity contribution in [2.75, 3.05) is 32.2 Å². The molecule has 0 aliphatic carbocycles. The van der Waals surface area contributed by atoms with Gasteiger partial charge in [0, 0.05) is 20.7 Å². The van der Waals surface area contributed by atoms with Crippen LogP contribution >= 0.6 is 11.6 Å². The monoisotopic (exact) mass is 244 g/mol. The van der Waals surface area contributed by atoms with Crippen molar-refractivity contribution in [2.45, 2.75) is 0 Å². The first kappa shape index (κ1) is 12.7. The summed E-state index contributed by atoms with van der Waals surface area (Å²) >= 11 is 5.57. The fourth-order valence-electron chi connectivity index (χ4n) is 1.02. The van der Waals surface area contributed by atoms with Crippen LogP contribution in [0.15, 0.2) is 17.5 Å². The molecule has 16 heavy (non-hydrogen) atoms. The summed E-state index contributed by atoms with van der Waals surface area (Å²) in [4.78, 5) is 10.0. The lowest BCUT2D eigenvalue weighted by Gasteiger charge is -2.16. The summed E-state index contributed by atoms with van der Waals surface area (Å²) in [5.41, 5.74) is 0.327. The first-order chi connectivity index (χ1) is 7.69. The molecule has 0 spiro atoms. The van der Waals surface area contributed by atoms with Crippen molar-refractivity contribution >= 4 is 22.6 Å². The molecule has 0 atom stereocenters. The SMILES string of the molecule is COCCN(C)c1cnc(/C(Cl)=N/O)cn1. The number of methoxy groups -OCH3 is 1. The number of rotatable bonds is 5. The Morgan fingerprint density at radius 1 is 1.56 bits per heavy atom. The number of anilines is 1. The number of nitrogens with zero attached hydrogens (tertiary/aromatic N) is 4. The molecule has 0 saturated carbocycles. The van der Waals surface area contributed by atoms with Gasteiger partial charge in [0.05, 0.1) is 19.0 Å². The summed E-state index contributed by atoms with van der Waals surface area (Å²) < 4.78 is 4.95. The summed E-state index contributed by atoms with van der Waals surface area (Å²) in [6.07, 6.45) is 3.00. The molecule has 0 saturated heterocycles. The maximum absolute atomic E-state index is 8.44. The van der Waals surface area contributed by atoms with Crippen molar-refractivity contribution in [1.82, 2.24) is 9.97 Å². The molecule has 1 aromatic rings. The molecule has 0 radical (unpaired) electrons. The average Bonchev–Trinajstić information content (AvgIpc) is 2.35. The molecule has 6 nitrogen and oxygen atoms in total. The van der Waals surface area contributed by atoms with E-state index in [1.54, 1.807) is 13.3 Å². The third-order valence-electron chi connectivity index (χ3n) is 1.96. The van der Waals surface area contributed by atoms with Gasteiger partial charge in [0.15, 0.2) is 5.17 Å². The van der Waals surface area contributed by atoms with E-state index >= 15 is 0 Å². The van der Waals surface area contributed by atoms with Gasteiger partial charge in [0.2, 0.25) is 0 Å². The fourth-order valence-corrected chi connectivity index (χ4v) is 1.12. The second-order valence-corrected chi connectivity index (χ2v) is 3.42. The minimum atomic E-state index is -0.0846. The summed E-state index contributed by atoms with van der Waals surface area (Å²) in [5.74, 6) is 0.697. The van der Waals surface area contributed by atoms with Crippen molar-refractivity contribution < 1.29 is 9.94 Å². The topological polar surface area (TPSA) is 70.8 Å². The predicted molar refractivity (Wildman–Crippen MR) is 61.4 cm³/mol. The zero-order chi connectivity index (χ0) is 12.0. The normalized spacial score (nSPS) is 11.6. The molecule has 0 bridgehead atoms. The Kier molecular flexibility index (Phi) is 4.94. The van der Waals surface area contributed by atoms with Crippen molar-refractivity contribution in [3.63, 3.8) is 0 Å². The van der Waals surface area contributed by atoms with Crippen LogP contribution in [0.2, 0.25) is 0 Å². The van der Waals surface area contributed by atoms with E-state index in [4.69, 9.17) is 21.5 Å². The minimum absolute atomic E-state index is 0.0846. The van der Waals surface area contributed by atoms with Gasteiger partial charge in [-0.15, -0.1) is 0 Å². The van der Waals surface area contributed by atoms with Crippen LogP contribution in [0.4, 0.5) is 5.82 Å². The molecule has 0 aliphatic heterocycles. The highest BCUT2D eigenvalue weighted by atomic mass is 35.5. The third-order valence-corrected chi connectivity index (χ3v) is 2.23. The van der Waals surface area contributed by atoms with Gasteiger partial charge in [-0.2, -0.15) is 0 Å². The Bertz CT molecular complexity index is 355. The number of hydrogen-bond donors (Lipinski definition) is 1. The number of ether oxygens (including phenoxy) is 1. The van der Waals surface area contributed by atoms with E-state index in [-0.39, 0.29) is 5.17 Å². The molecule has 0 aliphatic rings. The molecular weight excluding hydrogens is 232 g/mol. The van der Waals surface area contributed by atoms with E-state index in [1.807, 2.05) is 11.9 Å². The van der Waals surface area contributed by atoms with Gasteiger partial charge in [-0.25, -0.2) is 9.97 Å². The Morgan fingerprint density at radius 2 is 2.31 bits per heavy atom. The number of hydrogen-bond acceptors (Lipinski definition) is 6. The highest BCUT2D eigenvalue weighted by Crippen LogP contribution is 2.08. The molecule has 1 heterocycles. The standard InChI is InChI=1S/C9H13ClN4O2/c1-14(3-4-16-2)8-6-11-7(5-12-8)9(10)13-15/h5-6,15H,3-4H2,1-2H3/b13-9-. The summed E-state index contributed by atoms with van der Waals surface area (Å²) in [6.45, 7) is 1.32. The van der Waals surface area contributed by atoms with Crippen LogP contribution < -0.4 is 4.90 Å². The van der Waals surface area contributed by atoms with Gasteiger partial charge >= 0.3 is 0 Å². The van der Waals surface area contributed by atoms with Crippen LogP contribution in [-0.2, 0) is 4.74 Å². The first-order valence-electron chi connectivity index (χ1n) is 4.59. The van der Waals surface area contributed by atoms with Crippen LogP contribution in [0.25, 0.3) is 0 Å². The molecule has 7 heteroatoms. The highest BCUT2D eigenvalue weighted by molar-refractivity contribution is 6.69. The van der Waals surface area contributed by atoms with Crippen molar-refractivity contribution in [3.05, 3.63) is 18.1 Å². The van der Waals surface area contributed by atoms with Crippen LogP contribution in [-0.4, -0.2) is 47.7 Å². The average molecular weight is 245 g/mol. The third kappa shape index (κ3) is 3.32. The minimum Gasteiger partial charge on any atom is -0.410 e. The maximum Gasteiger partial charge on any atom is 0.195 e. The van der Waals surface area contributed by atoms with Crippen LogP contribution in [0.1, 0.15) is 5.69 Å². The quantitative estimate of drug-likeness (QED) is 0.474. The molecule has 0 fully saturated rings. The zero-order valence-corrected chi connectivity index (χ0v) is 9.85. The van der Waals surface area contributed by atoms with Crippen molar-refractivity contribution in [1.29, 1.82) is 0 Å². The molecule has 88 valence electrons. The number of oxime groups is 1. The van der Waals surface area contributed by atoms with Gasteiger partial charge in [0.25, 0.3) is 0 Å². The van der Waals surface area contributed by atoms with Gasteiger partial charge in [-0.1, -0.05) is 16.8 Å². The summed E-state index contributed by atoms with van der Waals surface area (Å²) in [6, 6.07) is 0. The molecule has 0 unspecified atom stereocenters. The largest absolute Gasteiger partial charge is 0.410 e. The smallest absolute Gasteiger partial charge is 0.195 e. The second-order valence-electron chi connectivity index (χ2n) is 3.07. The van der Waals surface area contributed by atoms with Crippen LogP contribution in [0, 0.1) is 0 Å². The van der Waals surface area contributed by atoms with E-state index in [0.717, 1.165) is 0 Å². The molecule has 1 N–H and O–H groups in total. The van der Waals surface area contributed by atoms with E-state index in [2.05, 4.69) is 15.1 Å². The molecule has 0 amide bonds. The van der Waals surface area contributed by atoms with E-state index < -0.39 is 0 Å². The number of halogens is 1. The Labute approximate surface area is 98.5 Å². The molecule has 1 aromatic heterocycles. The van der Waals surface area contributed by atoms with E-state index in [0.29, 0.717) is 24.7 Å². The lowest BCUT2D eigenvalue weighted by molar-refractivity contribution is 0.206. The Morgan fingerprint density at radius 3 is 2.81 bits per heavy atom. The molecule has 0 aromatic carbocycles. The van der Waals surface area contributed by atoms with Crippen molar-refractivity contribution in [2.24, 2.45) is 5.16 Å². The summed E-state index contributed by atoms with van der Waals surface area (Å²) in [7, 11) is 3.52. The second kappa shape index (κ2) is 6.24. The van der Waals surface area contributed by atoms with Gasteiger partial charge in [-0.05, 0) is 0 Å². The van der Waals surface area contributed by atoms with Gasteiger partial charge in [0.1, 0.15) is 11.5 Å². The lowest BCUT2D eigenvalue weighted by atomic mass is 10.4. The number of likely N-dealkylation sites (N-methyl/N-ethyl adjacent to an activating group) is 1. The van der Waals surface area contributed by atoms with Gasteiger partial charge in [-0.3, -0.25) is 0 Å². The highest BCUT2D eigenvalue weighted by Gasteiger charge is 2.06. The van der Waals surface area contributed by atoms with Crippen molar-refractivity contribution in [3.8, 4) is 0 Å². The van der Waals surface area contributed by atoms with Crippen LogP contribution in [0.3, 0.4) is 0 Å².